The van der Waals surface area contributed by atoms with Gasteiger partial charge in [0.1, 0.15) is 0 Å². The quantitative estimate of drug-likeness (QED) is 0.312. The van der Waals surface area contributed by atoms with Gasteiger partial charge in [0.15, 0.2) is 0 Å². The van der Waals surface area contributed by atoms with Crippen molar-refractivity contribution in [2.45, 2.75) is 6.92 Å². The van der Waals surface area contributed by atoms with Crippen molar-refractivity contribution in [1.82, 2.24) is 0 Å². The van der Waals surface area contributed by atoms with E-state index in [1.807, 2.05) is 31.2 Å². The molecule has 0 fully saturated rings. The topological polar surface area (TPSA) is 91.3 Å². The molecular weight excluding hydrogens is 368 g/mol. The molecule has 0 atom stereocenters. The van der Waals surface area contributed by atoms with Crippen LogP contribution in [0.3, 0.4) is 0 Å². The standard InChI is InChI=1S/C22H22N4O3/c1-2-25(15-16-27)20-13-11-19(12-14-20)24-23-18-9-7-17(8-10-18)21-5-3-4-6-22(21)26(28)29/h3-14,27H,2,15-16H2,1H3. The van der Waals surface area contributed by atoms with E-state index in [1.54, 1.807) is 42.5 Å². The van der Waals surface area contributed by atoms with Crippen LogP contribution in [-0.4, -0.2) is 29.7 Å². The summed E-state index contributed by atoms with van der Waals surface area (Å²) in [5, 5.41) is 28.8. The highest BCUT2D eigenvalue weighted by atomic mass is 16.6. The first kappa shape index (κ1) is 20.2. The van der Waals surface area contributed by atoms with E-state index in [9.17, 15) is 10.1 Å². The summed E-state index contributed by atoms with van der Waals surface area (Å²) in [4.78, 5) is 12.9. The van der Waals surface area contributed by atoms with Crippen molar-refractivity contribution in [3.8, 4) is 11.1 Å². The van der Waals surface area contributed by atoms with Gasteiger partial charge in [-0.1, -0.05) is 24.3 Å². The molecule has 0 aromatic heterocycles. The fraction of sp³-hybridized carbons (Fsp3) is 0.182. The summed E-state index contributed by atoms with van der Waals surface area (Å²) >= 11 is 0. The number of hydrogen-bond donors (Lipinski definition) is 1. The third kappa shape index (κ3) is 5.03. The minimum atomic E-state index is -0.382. The van der Waals surface area contributed by atoms with Crippen LogP contribution in [0.5, 0.6) is 0 Å². The maximum absolute atomic E-state index is 11.2. The van der Waals surface area contributed by atoms with Crippen molar-refractivity contribution in [2.24, 2.45) is 10.2 Å². The number of aliphatic hydroxyl groups is 1. The lowest BCUT2D eigenvalue weighted by Crippen LogP contribution is -2.25. The molecule has 0 aliphatic rings. The third-order valence-corrected chi connectivity index (χ3v) is 4.53. The van der Waals surface area contributed by atoms with Gasteiger partial charge in [0.2, 0.25) is 0 Å². The zero-order valence-electron chi connectivity index (χ0n) is 16.1. The zero-order chi connectivity index (χ0) is 20.6. The minimum absolute atomic E-state index is 0.0734. The molecule has 0 saturated carbocycles. The molecule has 3 aromatic carbocycles. The molecule has 0 bridgehead atoms. The van der Waals surface area contributed by atoms with Gasteiger partial charge in [0.05, 0.1) is 28.5 Å². The van der Waals surface area contributed by atoms with E-state index in [4.69, 9.17) is 5.11 Å². The second-order valence-electron chi connectivity index (χ2n) is 6.34. The largest absolute Gasteiger partial charge is 0.395 e. The van der Waals surface area contributed by atoms with Gasteiger partial charge in [-0.25, -0.2) is 0 Å². The number of anilines is 1. The van der Waals surface area contributed by atoms with Gasteiger partial charge in [-0.2, -0.15) is 10.2 Å². The molecule has 29 heavy (non-hydrogen) atoms. The molecule has 0 spiro atoms. The fourth-order valence-corrected chi connectivity index (χ4v) is 3.02. The predicted molar refractivity (Wildman–Crippen MR) is 114 cm³/mol. The van der Waals surface area contributed by atoms with Gasteiger partial charge >= 0.3 is 0 Å². The summed E-state index contributed by atoms with van der Waals surface area (Å²) in [7, 11) is 0. The molecule has 3 aromatic rings. The maximum atomic E-state index is 11.2. The first-order chi connectivity index (χ1) is 14.1. The fourth-order valence-electron chi connectivity index (χ4n) is 3.02. The van der Waals surface area contributed by atoms with Crippen LogP contribution in [0.25, 0.3) is 11.1 Å². The molecule has 0 saturated heterocycles. The van der Waals surface area contributed by atoms with Gasteiger partial charge in [0.25, 0.3) is 5.69 Å². The lowest BCUT2D eigenvalue weighted by atomic mass is 10.0. The molecule has 0 radical (unpaired) electrons. The molecule has 0 amide bonds. The van der Waals surface area contributed by atoms with E-state index >= 15 is 0 Å². The smallest absolute Gasteiger partial charge is 0.277 e. The highest BCUT2D eigenvalue weighted by Gasteiger charge is 2.13. The van der Waals surface area contributed by atoms with E-state index in [0.717, 1.165) is 23.5 Å². The number of nitro groups is 1. The van der Waals surface area contributed by atoms with Crippen LogP contribution < -0.4 is 4.90 Å². The second-order valence-corrected chi connectivity index (χ2v) is 6.34. The van der Waals surface area contributed by atoms with Gasteiger partial charge in [-0.15, -0.1) is 0 Å². The lowest BCUT2D eigenvalue weighted by Gasteiger charge is -2.21. The zero-order valence-corrected chi connectivity index (χ0v) is 16.1. The second kappa shape index (κ2) is 9.57. The van der Waals surface area contributed by atoms with Crippen molar-refractivity contribution in [3.63, 3.8) is 0 Å². The van der Waals surface area contributed by atoms with Gasteiger partial charge in [0, 0.05) is 24.8 Å². The number of azo groups is 1. The molecule has 0 unspecified atom stereocenters. The van der Waals surface area contributed by atoms with E-state index in [0.29, 0.717) is 17.8 Å². The summed E-state index contributed by atoms with van der Waals surface area (Å²) in [6, 6.07) is 21.5. The highest BCUT2D eigenvalue weighted by molar-refractivity contribution is 5.74. The average Bonchev–Trinajstić information content (AvgIpc) is 2.77. The Kier molecular flexibility index (Phi) is 6.65. The van der Waals surface area contributed by atoms with E-state index in [2.05, 4.69) is 15.1 Å². The first-order valence-corrected chi connectivity index (χ1v) is 9.34. The summed E-state index contributed by atoms with van der Waals surface area (Å²) in [6.07, 6.45) is 0. The average molecular weight is 390 g/mol. The van der Waals surface area contributed by atoms with Crippen LogP contribution in [0.1, 0.15) is 6.92 Å². The van der Waals surface area contributed by atoms with Crippen LogP contribution in [0, 0.1) is 10.1 Å². The highest BCUT2D eigenvalue weighted by Crippen LogP contribution is 2.31. The minimum Gasteiger partial charge on any atom is -0.395 e. The van der Waals surface area contributed by atoms with Gasteiger partial charge in [-0.3, -0.25) is 10.1 Å². The van der Waals surface area contributed by atoms with E-state index < -0.39 is 0 Å². The molecule has 0 aliphatic heterocycles. The van der Waals surface area contributed by atoms with Crippen LogP contribution in [0.2, 0.25) is 0 Å². The Morgan fingerprint density at radius 1 is 0.931 bits per heavy atom. The summed E-state index contributed by atoms with van der Waals surface area (Å²) < 4.78 is 0. The normalized spacial score (nSPS) is 11.0. The maximum Gasteiger partial charge on any atom is 0.277 e. The molecule has 0 heterocycles. The number of nitro benzene ring substituents is 1. The predicted octanol–water partition coefficient (Wildman–Crippen LogP) is 5.50. The molecule has 7 heteroatoms. The Bertz CT molecular complexity index is 986. The van der Waals surface area contributed by atoms with E-state index in [-0.39, 0.29) is 17.2 Å². The Hall–Kier alpha value is -3.58. The van der Waals surface area contributed by atoms with Crippen LogP contribution in [0.4, 0.5) is 22.7 Å². The Morgan fingerprint density at radius 2 is 1.52 bits per heavy atom. The summed E-state index contributed by atoms with van der Waals surface area (Å²) in [5.74, 6) is 0. The lowest BCUT2D eigenvalue weighted by molar-refractivity contribution is -0.384. The number of benzene rings is 3. The molecular formula is C22H22N4O3. The number of hydrogen-bond acceptors (Lipinski definition) is 6. The Morgan fingerprint density at radius 3 is 2.07 bits per heavy atom. The SMILES string of the molecule is CCN(CCO)c1ccc(N=Nc2ccc(-c3ccccc3[N+](=O)[O-])cc2)cc1. The van der Waals surface area contributed by atoms with Crippen molar-refractivity contribution < 1.29 is 10.0 Å². The number of rotatable bonds is 8. The Labute approximate surface area is 169 Å². The molecule has 148 valence electrons. The summed E-state index contributed by atoms with van der Waals surface area (Å²) in [6.45, 7) is 3.55. The van der Waals surface area contributed by atoms with Crippen molar-refractivity contribution in [3.05, 3.63) is 82.9 Å². The summed E-state index contributed by atoms with van der Waals surface area (Å²) in [5.41, 5.74) is 3.80. The van der Waals surface area contributed by atoms with Crippen LogP contribution >= 0.6 is 0 Å². The van der Waals surface area contributed by atoms with Crippen molar-refractivity contribution in [1.29, 1.82) is 0 Å². The number of para-hydroxylation sites is 1. The van der Waals surface area contributed by atoms with Crippen LogP contribution in [-0.2, 0) is 0 Å². The molecule has 0 aliphatic carbocycles. The first-order valence-electron chi connectivity index (χ1n) is 9.34. The molecule has 7 nitrogen and oxygen atoms in total. The van der Waals surface area contributed by atoms with Crippen LogP contribution in [0.15, 0.2) is 83.0 Å². The van der Waals surface area contributed by atoms with Gasteiger partial charge < -0.3 is 10.0 Å². The Balaban J connectivity index is 1.73. The van der Waals surface area contributed by atoms with Crippen molar-refractivity contribution in [2.75, 3.05) is 24.6 Å². The van der Waals surface area contributed by atoms with E-state index in [1.165, 1.54) is 6.07 Å². The number of aliphatic hydroxyl groups excluding tert-OH is 1. The number of nitrogens with zero attached hydrogens (tertiary/aromatic N) is 4. The third-order valence-electron chi connectivity index (χ3n) is 4.53. The molecule has 1 N–H and O–H groups in total. The van der Waals surface area contributed by atoms with Crippen molar-refractivity contribution >= 4 is 22.7 Å². The molecule has 3 rings (SSSR count). The monoisotopic (exact) mass is 390 g/mol. The number of likely N-dealkylation sites (N-methyl/N-ethyl adjacent to an activating group) is 1. The van der Waals surface area contributed by atoms with Gasteiger partial charge in [-0.05, 0) is 55.0 Å².